The second kappa shape index (κ2) is 12.9. The number of amides is 1. The average molecular weight is 601 g/mol. The second-order valence-corrected chi connectivity index (χ2v) is 9.81. The van der Waals surface area contributed by atoms with Crippen LogP contribution in [0.1, 0.15) is 37.6 Å². The van der Waals surface area contributed by atoms with Gasteiger partial charge in [0.15, 0.2) is 0 Å². The molecule has 8 nitrogen and oxygen atoms in total. The number of nitrogens with zero attached hydrogens (tertiary/aromatic N) is 1. The number of halogens is 6. The van der Waals surface area contributed by atoms with Gasteiger partial charge < -0.3 is 19.5 Å². The van der Waals surface area contributed by atoms with Crippen molar-refractivity contribution in [1.29, 1.82) is 0 Å². The fourth-order valence-corrected chi connectivity index (χ4v) is 3.44. The molecule has 0 radical (unpaired) electrons. The Morgan fingerprint density at radius 2 is 1.59 bits per heavy atom. The molecule has 1 aromatic heterocycles. The molecule has 14 heteroatoms. The van der Waals surface area contributed by atoms with Gasteiger partial charge >= 0.3 is 18.0 Å². The van der Waals surface area contributed by atoms with Crippen LogP contribution in [0.3, 0.4) is 0 Å². The quantitative estimate of drug-likeness (QED) is 0.109. The lowest BCUT2D eigenvalue weighted by Crippen LogP contribution is -2.38. The number of ether oxygens (including phenoxy) is 3. The molecule has 0 saturated carbocycles. The Bertz CT molecular complexity index is 1450. The number of pyridine rings is 1. The monoisotopic (exact) mass is 600 g/mol. The van der Waals surface area contributed by atoms with Crippen molar-refractivity contribution in [2.75, 3.05) is 6.54 Å². The molecule has 0 unspecified atom stereocenters. The highest BCUT2D eigenvalue weighted by Gasteiger charge is 2.32. The fraction of sp³-hybridized carbons (Fsp3) is 0.259. The van der Waals surface area contributed by atoms with Crippen LogP contribution in [-0.4, -0.2) is 41.3 Å². The average Bonchev–Trinajstić information content (AvgIpc) is 2.91. The number of nitrogens with one attached hydrogen (secondary N) is 1. The topological polar surface area (TPSA) is 104 Å². The van der Waals surface area contributed by atoms with Crippen molar-refractivity contribution in [3.8, 4) is 17.0 Å². The molecule has 0 fully saturated rings. The van der Waals surface area contributed by atoms with E-state index in [1.165, 1.54) is 18.3 Å². The maximum Gasteiger partial charge on any atom is 0.407 e. The summed E-state index contributed by atoms with van der Waals surface area (Å²) in [4.78, 5) is 41.8. The number of alkyl carbamates (subject to hydrolysis) is 1. The van der Waals surface area contributed by atoms with E-state index >= 15 is 0 Å². The van der Waals surface area contributed by atoms with E-state index < -0.39 is 71.0 Å². The van der Waals surface area contributed by atoms with Gasteiger partial charge in [-0.3, -0.25) is 4.98 Å². The maximum atomic E-state index is 14.1. The summed E-state index contributed by atoms with van der Waals surface area (Å²) < 4.78 is 83.5. The fourth-order valence-electron chi connectivity index (χ4n) is 3.25. The second-order valence-electron chi connectivity index (χ2n) is 9.37. The van der Waals surface area contributed by atoms with Gasteiger partial charge in [-0.05, 0) is 45.0 Å². The first-order valence-electron chi connectivity index (χ1n) is 11.8. The molecule has 0 aliphatic rings. The van der Waals surface area contributed by atoms with Crippen LogP contribution in [0.15, 0.2) is 42.6 Å². The van der Waals surface area contributed by atoms with Crippen molar-refractivity contribution in [3.63, 3.8) is 0 Å². The zero-order chi connectivity index (χ0) is 30.5. The van der Waals surface area contributed by atoms with Crippen molar-refractivity contribution in [1.82, 2.24) is 10.3 Å². The van der Waals surface area contributed by atoms with Crippen LogP contribution < -0.4 is 10.1 Å². The van der Waals surface area contributed by atoms with Crippen molar-refractivity contribution >= 4 is 29.6 Å². The molecule has 1 N–H and O–H groups in total. The molecule has 3 rings (SSSR count). The number of rotatable bonds is 8. The van der Waals surface area contributed by atoms with Gasteiger partial charge in [0.05, 0.1) is 11.3 Å². The first kappa shape index (κ1) is 31.3. The number of esters is 2. The highest BCUT2D eigenvalue weighted by Crippen LogP contribution is 2.30. The third-order valence-electron chi connectivity index (χ3n) is 5.08. The van der Waals surface area contributed by atoms with E-state index in [2.05, 4.69) is 15.0 Å². The summed E-state index contributed by atoms with van der Waals surface area (Å²) in [5, 5.41) is 2.68. The van der Waals surface area contributed by atoms with Gasteiger partial charge in [0.1, 0.15) is 5.60 Å². The third-order valence-corrected chi connectivity index (χ3v) is 5.31. The van der Waals surface area contributed by atoms with E-state index in [0.717, 1.165) is 0 Å². The smallest absolute Gasteiger partial charge is 0.407 e. The molecule has 1 amide bonds. The molecule has 1 heterocycles. The summed E-state index contributed by atoms with van der Waals surface area (Å²) >= 11 is 5.99. The van der Waals surface area contributed by atoms with Crippen molar-refractivity contribution in [3.05, 3.63) is 82.3 Å². The predicted octanol–water partition coefficient (Wildman–Crippen LogP) is 6.14. The molecular weight excluding hydrogens is 579 g/mol. The summed E-state index contributed by atoms with van der Waals surface area (Å²) in [6, 6.07) is 9.05. The van der Waals surface area contributed by atoms with E-state index in [0.29, 0.717) is 16.3 Å². The number of benzene rings is 2. The molecule has 1 atom stereocenters. The van der Waals surface area contributed by atoms with Gasteiger partial charge in [0.25, 0.3) is 0 Å². The lowest BCUT2D eigenvalue weighted by Gasteiger charge is -2.21. The Morgan fingerprint density at radius 3 is 2.20 bits per heavy atom. The molecule has 0 spiro atoms. The van der Waals surface area contributed by atoms with Crippen molar-refractivity contribution in [2.45, 2.75) is 38.9 Å². The highest BCUT2D eigenvalue weighted by atomic mass is 35.5. The number of carbonyl (C=O) groups excluding carboxylic acids is 3. The van der Waals surface area contributed by atoms with Gasteiger partial charge in [-0.25, -0.2) is 27.6 Å². The highest BCUT2D eigenvalue weighted by molar-refractivity contribution is 6.30. The molecular formula is C27H22ClF5N2O6. The Morgan fingerprint density at radius 1 is 0.951 bits per heavy atom. The Labute approximate surface area is 235 Å². The van der Waals surface area contributed by atoms with Crippen molar-refractivity contribution < 1.29 is 50.5 Å². The number of carbonyl (C=O) groups is 3. The number of hydrogen-bond acceptors (Lipinski definition) is 7. The van der Waals surface area contributed by atoms with E-state index in [1.54, 1.807) is 45.0 Å². The van der Waals surface area contributed by atoms with Crippen LogP contribution in [-0.2, 0) is 14.3 Å². The largest absolute Gasteiger partial charge is 0.447 e. The summed E-state index contributed by atoms with van der Waals surface area (Å²) in [6.07, 6.45) is -2.16. The van der Waals surface area contributed by atoms with Crippen LogP contribution in [0.5, 0.6) is 5.75 Å². The van der Waals surface area contributed by atoms with E-state index in [1.807, 2.05) is 0 Å². The molecule has 0 bridgehead atoms. The van der Waals surface area contributed by atoms with Crippen LogP contribution in [0, 0.1) is 29.1 Å². The minimum atomic E-state index is -2.46. The first-order chi connectivity index (χ1) is 19.2. The van der Waals surface area contributed by atoms with Gasteiger partial charge in [0.2, 0.25) is 40.9 Å². The molecule has 2 aromatic carbocycles. The SMILES string of the molecule is CC(C)(C)OC(=O)NCC[C@H](OC(=O)c1ccnc(-c2cccc(Cl)c2)c1)C(=O)Oc1c(F)c(F)c(F)c(F)c1F. The van der Waals surface area contributed by atoms with Gasteiger partial charge in [-0.2, -0.15) is 8.78 Å². The van der Waals surface area contributed by atoms with Gasteiger partial charge in [-0.1, -0.05) is 23.7 Å². The Hall–Kier alpha value is -4.26. The third kappa shape index (κ3) is 8.13. The first-order valence-corrected chi connectivity index (χ1v) is 12.2. The van der Waals surface area contributed by atoms with Crippen LogP contribution in [0.4, 0.5) is 26.7 Å². The Balaban J connectivity index is 1.85. The molecule has 218 valence electrons. The Kier molecular flexibility index (Phi) is 9.87. The molecule has 0 aliphatic heterocycles. The van der Waals surface area contributed by atoms with Crippen LogP contribution in [0.25, 0.3) is 11.3 Å². The van der Waals surface area contributed by atoms with Gasteiger partial charge in [0, 0.05) is 29.7 Å². The standard InChI is InChI=1S/C27H22ClF5N2O6/c1-27(2,3)41-26(38)35-10-8-17(25(37)40-23-21(32)19(30)18(29)20(31)22(23)33)39-24(36)14-7-9-34-16(12-14)13-5-4-6-15(28)11-13/h4-7,9,11-12,17H,8,10H2,1-3H3,(H,35,38)/t17-/m0/s1. The summed E-state index contributed by atoms with van der Waals surface area (Å²) in [5.74, 6) is -16.7. The summed E-state index contributed by atoms with van der Waals surface area (Å²) in [7, 11) is 0. The number of aromatic nitrogens is 1. The molecule has 0 saturated heterocycles. The lowest BCUT2D eigenvalue weighted by molar-refractivity contribution is -0.145. The predicted molar refractivity (Wildman–Crippen MR) is 135 cm³/mol. The molecule has 3 aromatic rings. The summed E-state index contributed by atoms with van der Waals surface area (Å²) in [6.45, 7) is 4.38. The molecule has 41 heavy (non-hydrogen) atoms. The van der Waals surface area contributed by atoms with E-state index in [4.69, 9.17) is 21.1 Å². The van der Waals surface area contributed by atoms with Crippen molar-refractivity contribution in [2.24, 2.45) is 0 Å². The zero-order valence-electron chi connectivity index (χ0n) is 21.7. The normalized spacial score (nSPS) is 11.9. The van der Waals surface area contributed by atoms with Gasteiger partial charge in [-0.15, -0.1) is 0 Å². The molecule has 0 aliphatic carbocycles. The van der Waals surface area contributed by atoms with E-state index in [-0.39, 0.29) is 12.1 Å². The zero-order valence-corrected chi connectivity index (χ0v) is 22.5. The van der Waals surface area contributed by atoms with Crippen LogP contribution in [0.2, 0.25) is 5.02 Å². The van der Waals surface area contributed by atoms with E-state index in [9.17, 15) is 36.3 Å². The number of hydrogen-bond donors (Lipinski definition) is 1. The minimum Gasteiger partial charge on any atom is -0.447 e. The summed E-state index contributed by atoms with van der Waals surface area (Å²) in [5.41, 5.74) is -0.156. The van der Waals surface area contributed by atoms with Crippen LogP contribution >= 0.6 is 11.6 Å². The lowest BCUT2D eigenvalue weighted by atomic mass is 10.1. The maximum absolute atomic E-state index is 14.1. The minimum absolute atomic E-state index is 0.121.